The average molecular weight is 195 g/mol. The molecule has 0 radical (unpaired) electrons. The van der Waals surface area contributed by atoms with Crippen molar-refractivity contribution in [3.63, 3.8) is 0 Å². The molecule has 0 fully saturated rings. The molecule has 3 rings (SSSR count). The van der Waals surface area contributed by atoms with Crippen LogP contribution in [0.4, 0.5) is 0 Å². The Morgan fingerprint density at radius 1 is 1.13 bits per heavy atom. The molecular formula is C12H9N3. The molecule has 0 saturated carbocycles. The molecule has 0 aliphatic carbocycles. The van der Waals surface area contributed by atoms with E-state index in [1.165, 1.54) is 0 Å². The maximum atomic E-state index is 4.25. The molecule has 2 heterocycles. The smallest absolute Gasteiger partial charge is 0.0926 e. The molecular weight excluding hydrogens is 186 g/mol. The van der Waals surface area contributed by atoms with Crippen molar-refractivity contribution in [1.82, 2.24) is 5.32 Å². The summed E-state index contributed by atoms with van der Waals surface area (Å²) in [7, 11) is 0. The maximum absolute atomic E-state index is 4.25. The van der Waals surface area contributed by atoms with Crippen LogP contribution in [0.5, 0.6) is 0 Å². The van der Waals surface area contributed by atoms with Gasteiger partial charge in [0.05, 0.1) is 18.2 Å². The monoisotopic (exact) mass is 195 g/mol. The van der Waals surface area contributed by atoms with Crippen LogP contribution >= 0.6 is 0 Å². The quantitative estimate of drug-likeness (QED) is 0.674. The van der Waals surface area contributed by atoms with Crippen LogP contribution in [-0.4, -0.2) is 12.6 Å². The van der Waals surface area contributed by atoms with Crippen molar-refractivity contribution in [1.29, 1.82) is 0 Å². The molecule has 1 aromatic carbocycles. The van der Waals surface area contributed by atoms with Gasteiger partial charge >= 0.3 is 0 Å². The van der Waals surface area contributed by atoms with E-state index in [0.717, 1.165) is 22.4 Å². The fourth-order valence-electron chi connectivity index (χ4n) is 1.73. The number of allylic oxidation sites excluding steroid dienone is 1. The van der Waals surface area contributed by atoms with Crippen molar-refractivity contribution >= 4 is 18.1 Å². The molecule has 0 spiro atoms. The Morgan fingerprint density at radius 2 is 2.07 bits per heavy atom. The van der Waals surface area contributed by atoms with Gasteiger partial charge in [-0.3, -0.25) is 4.99 Å². The third-order valence-electron chi connectivity index (χ3n) is 2.44. The highest BCUT2D eigenvalue weighted by Crippen LogP contribution is 2.28. The standard InChI is InChI=1S/C12H9N3/c1-2-4-10-9(3-1)5-13-7-12-11(10)6-14-8-15-12/h1-8H,(H,14,15). The van der Waals surface area contributed by atoms with E-state index in [9.17, 15) is 0 Å². The molecule has 72 valence electrons. The summed E-state index contributed by atoms with van der Waals surface area (Å²) in [6, 6.07) is 8.16. The number of nitrogens with one attached hydrogen (secondary N) is 1. The Kier molecular flexibility index (Phi) is 1.75. The maximum Gasteiger partial charge on any atom is 0.0926 e. The molecule has 3 nitrogen and oxygen atoms in total. The van der Waals surface area contributed by atoms with Gasteiger partial charge in [0.1, 0.15) is 0 Å². The van der Waals surface area contributed by atoms with Crippen LogP contribution in [0, 0.1) is 0 Å². The van der Waals surface area contributed by atoms with Gasteiger partial charge in [0.2, 0.25) is 0 Å². The zero-order valence-corrected chi connectivity index (χ0v) is 8.01. The SMILES string of the molecule is C1=NC=C2N=CNC=C2c2ccccc21. The lowest BCUT2D eigenvalue weighted by Crippen LogP contribution is -2.09. The lowest BCUT2D eigenvalue weighted by Gasteiger charge is -2.12. The number of rotatable bonds is 0. The van der Waals surface area contributed by atoms with Gasteiger partial charge in [-0.15, -0.1) is 0 Å². The molecule has 0 unspecified atom stereocenters. The van der Waals surface area contributed by atoms with Crippen LogP contribution in [0.2, 0.25) is 0 Å². The number of nitrogens with zero attached hydrogens (tertiary/aromatic N) is 2. The average Bonchev–Trinajstić information content (AvgIpc) is 2.48. The first-order chi connectivity index (χ1) is 7.45. The third kappa shape index (κ3) is 1.29. The van der Waals surface area contributed by atoms with Gasteiger partial charge in [-0.05, 0) is 5.56 Å². The van der Waals surface area contributed by atoms with Crippen LogP contribution in [0.25, 0.3) is 5.57 Å². The Balaban J connectivity index is 2.25. The minimum absolute atomic E-state index is 0.898. The van der Waals surface area contributed by atoms with Crippen molar-refractivity contribution in [2.45, 2.75) is 0 Å². The van der Waals surface area contributed by atoms with E-state index in [1.54, 1.807) is 12.5 Å². The minimum atomic E-state index is 0.898. The third-order valence-corrected chi connectivity index (χ3v) is 2.44. The Hall–Kier alpha value is -2.16. The molecule has 3 heteroatoms. The van der Waals surface area contributed by atoms with Gasteiger partial charge in [0.15, 0.2) is 0 Å². The molecule has 0 bridgehead atoms. The molecule has 1 aromatic rings. The summed E-state index contributed by atoms with van der Waals surface area (Å²) in [6.07, 6.45) is 7.26. The summed E-state index contributed by atoms with van der Waals surface area (Å²) in [5.74, 6) is 0. The lowest BCUT2D eigenvalue weighted by molar-refractivity contribution is 1.22. The van der Waals surface area contributed by atoms with E-state index in [4.69, 9.17) is 0 Å². The molecule has 0 atom stereocenters. The molecule has 1 N–H and O–H groups in total. The summed E-state index contributed by atoms with van der Waals surface area (Å²) < 4.78 is 0. The first-order valence-corrected chi connectivity index (χ1v) is 4.77. The van der Waals surface area contributed by atoms with Crippen molar-refractivity contribution in [2.24, 2.45) is 9.98 Å². The van der Waals surface area contributed by atoms with E-state index >= 15 is 0 Å². The molecule has 0 amide bonds. The zero-order valence-electron chi connectivity index (χ0n) is 8.01. The molecule has 0 saturated heterocycles. The van der Waals surface area contributed by atoms with Crippen molar-refractivity contribution in [3.05, 3.63) is 53.5 Å². The van der Waals surface area contributed by atoms with Gasteiger partial charge in [-0.2, -0.15) is 0 Å². The second-order valence-electron chi connectivity index (χ2n) is 3.36. The van der Waals surface area contributed by atoms with Crippen molar-refractivity contribution in [3.8, 4) is 0 Å². The first kappa shape index (κ1) is 8.17. The second kappa shape index (κ2) is 3.20. The number of hydrogen-bond donors (Lipinski definition) is 1. The van der Waals surface area contributed by atoms with Crippen molar-refractivity contribution in [2.75, 3.05) is 0 Å². The van der Waals surface area contributed by atoms with Gasteiger partial charge < -0.3 is 5.32 Å². The topological polar surface area (TPSA) is 36.8 Å². The largest absolute Gasteiger partial charge is 0.352 e. The van der Waals surface area contributed by atoms with Crippen LogP contribution in [-0.2, 0) is 0 Å². The summed E-state index contributed by atoms with van der Waals surface area (Å²) in [5.41, 5.74) is 4.27. The number of aliphatic imine (C=N–C) groups is 2. The fraction of sp³-hybridized carbons (Fsp3) is 0. The Bertz CT molecular complexity index is 521. The van der Waals surface area contributed by atoms with Crippen LogP contribution in [0.3, 0.4) is 0 Å². The fourth-order valence-corrected chi connectivity index (χ4v) is 1.73. The predicted octanol–water partition coefficient (Wildman–Crippen LogP) is 1.93. The Labute approximate surface area is 87.6 Å². The van der Waals surface area contributed by atoms with Gasteiger partial charge in [0, 0.05) is 23.6 Å². The summed E-state index contributed by atoms with van der Waals surface area (Å²) in [4.78, 5) is 8.48. The number of benzene rings is 1. The van der Waals surface area contributed by atoms with Crippen LogP contribution < -0.4 is 5.32 Å². The molecule has 15 heavy (non-hydrogen) atoms. The number of hydrogen-bond acceptors (Lipinski definition) is 3. The van der Waals surface area contributed by atoms with Gasteiger partial charge in [-0.25, -0.2) is 4.99 Å². The summed E-state index contributed by atoms with van der Waals surface area (Å²) >= 11 is 0. The van der Waals surface area contributed by atoms with Crippen LogP contribution in [0.1, 0.15) is 11.1 Å². The normalized spacial score (nSPS) is 16.8. The molecule has 2 aliphatic rings. The van der Waals surface area contributed by atoms with E-state index in [0.29, 0.717) is 0 Å². The van der Waals surface area contributed by atoms with Crippen LogP contribution in [0.15, 0.2) is 52.3 Å². The second-order valence-corrected chi connectivity index (χ2v) is 3.36. The molecule has 0 aromatic heterocycles. The van der Waals surface area contributed by atoms with E-state index in [2.05, 4.69) is 27.4 Å². The lowest BCUT2D eigenvalue weighted by atomic mass is 9.99. The summed E-state index contributed by atoms with van der Waals surface area (Å²) in [5, 5.41) is 3.00. The predicted molar refractivity (Wildman–Crippen MR) is 61.7 cm³/mol. The minimum Gasteiger partial charge on any atom is -0.352 e. The first-order valence-electron chi connectivity index (χ1n) is 4.77. The highest BCUT2D eigenvalue weighted by Gasteiger charge is 2.14. The van der Waals surface area contributed by atoms with Crippen molar-refractivity contribution < 1.29 is 0 Å². The van der Waals surface area contributed by atoms with E-state index in [-0.39, 0.29) is 0 Å². The Morgan fingerprint density at radius 3 is 3.07 bits per heavy atom. The highest BCUT2D eigenvalue weighted by molar-refractivity contribution is 5.95. The summed E-state index contributed by atoms with van der Waals surface area (Å²) in [6.45, 7) is 0. The molecule has 2 aliphatic heterocycles. The zero-order chi connectivity index (χ0) is 10.1. The van der Waals surface area contributed by atoms with Gasteiger partial charge in [0.25, 0.3) is 0 Å². The van der Waals surface area contributed by atoms with Gasteiger partial charge in [-0.1, -0.05) is 24.3 Å². The van der Waals surface area contributed by atoms with E-state index in [1.807, 2.05) is 24.5 Å². The highest BCUT2D eigenvalue weighted by atomic mass is 15.0. The number of fused-ring (bicyclic) bond motifs is 3. The van der Waals surface area contributed by atoms with E-state index < -0.39 is 0 Å².